The van der Waals surface area contributed by atoms with Crippen LogP contribution >= 0.6 is 0 Å². The number of hydrogen-bond donors (Lipinski definition) is 1. The summed E-state index contributed by atoms with van der Waals surface area (Å²) in [6.07, 6.45) is 4.34. The molecule has 0 unspecified atom stereocenters. The van der Waals surface area contributed by atoms with Gasteiger partial charge in [-0.1, -0.05) is 39.8 Å². The van der Waals surface area contributed by atoms with Crippen molar-refractivity contribution < 1.29 is 18.7 Å². The molecule has 0 radical (unpaired) electrons. The number of carbonyl (C=O) groups excluding carboxylic acids is 1. The van der Waals surface area contributed by atoms with Gasteiger partial charge in [-0.25, -0.2) is 0 Å². The van der Waals surface area contributed by atoms with Gasteiger partial charge in [0.1, 0.15) is 5.76 Å². The highest BCUT2D eigenvalue weighted by Crippen LogP contribution is 2.46. The van der Waals surface area contributed by atoms with E-state index in [0.717, 1.165) is 18.6 Å². The van der Waals surface area contributed by atoms with Crippen molar-refractivity contribution in [3.63, 3.8) is 0 Å². The third kappa shape index (κ3) is 5.44. The number of amides is 1. The highest BCUT2D eigenvalue weighted by molar-refractivity contribution is 5.91. The molecule has 0 bridgehead atoms. The normalized spacial score (nSPS) is 16.8. The van der Waals surface area contributed by atoms with Gasteiger partial charge in [-0.05, 0) is 71.4 Å². The molecule has 1 aliphatic rings. The second-order valence-electron chi connectivity index (χ2n) is 10.3. The van der Waals surface area contributed by atoms with Gasteiger partial charge >= 0.3 is 0 Å². The van der Waals surface area contributed by atoms with Gasteiger partial charge in [0.2, 0.25) is 0 Å². The number of methoxy groups -OCH3 is 2. The standard InChI is InChI=1S/C27H39NO4/c1-18-15-21-22(27(4,5)13-12-26(21,2)3)17-19(18)16-20-10-11-23(32-20)25(29)28-14-8-9-24(30-6)31-7/h10-11,15,17,24H,8-9,12-14,16H2,1-7H3,(H,28,29). The summed E-state index contributed by atoms with van der Waals surface area (Å²) >= 11 is 0. The van der Waals surface area contributed by atoms with Gasteiger partial charge < -0.3 is 19.2 Å². The fourth-order valence-electron chi connectivity index (χ4n) is 4.63. The van der Waals surface area contributed by atoms with Gasteiger partial charge in [-0.2, -0.15) is 0 Å². The lowest BCUT2D eigenvalue weighted by Gasteiger charge is -2.42. The van der Waals surface area contributed by atoms with Gasteiger partial charge in [0.05, 0.1) is 0 Å². The number of carbonyl (C=O) groups is 1. The fourth-order valence-corrected chi connectivity index (χ4v) is 4.63. The minimum Gasteiger partial charge on any atom is -0.456 e. The van der Waals surface area contributed by atoms with Crippen LogP contribution in [-0.2, 0) is 26.7 Å². The molecule has 0 aliphatic heterocycles. The van der Waals surface area contributed by atoms with Gasteiger partial charge in [0.15, 0.2) is 12.1 Å². The molecule has 176 valence electrons. The molecule has 32 heavy (non-hydrogen) atoms. The first kappa shape index (κ1) is 24.5. The Morgan fingerprint density at radius 1 is 1.06 bits per heavy atom. The molecular weight excluding hydrogens is 402 g/mol. The van der Waals surface area contributed by atoms with Gasteiger partial charge in [0.25, 0.3) is 5.91 Å². The lowest BCUT2D eigenvalue weighted by atomic mass is 9.62. The van der Waals surface area contributed by atoms with Gasteiger partial charge in [-0.15, -0.1) is 0 Å². The smallest absolute Gasteiger partial charge is 0.286 e. The zero-order valence-corrected chi connectivity index (χ0v) is 20.8. The van der Waals surface area contributed by atoms with E-state index in [1.54, 1.807) is 20.3 Å². The first-order valence-corrected chi connectivity index (χ1v) is 11.6. The molecule has 1 aromatic heterocycles. The average molecular weight is 442 g/mol. The molecule has 1 N–H and O–H groups in total. The zero-order chi connectivity index (χ0) is 23.5. The van der Waals surface area contributed by atoms with E-state index in [4.69, 9.17) is 13.9 Å². The average Bonchev–Trinajstić information content (AvgIpc) is 3.21. The van der Waals surface area contributed by atoms with E-state index in [0.29, 0.717) is 18.7 Å². The lowest BCUT2D eigenvalue weighted by molar-refractivity contribution is -0.106. The van der Waals surface area contributed by atoms with E-state index in [1.807, 2.05) is 6.07 Å². The predicted molar refractivity (Wildman–Crippen MR) is 127 cm³/mol. The minimum absolute atomic E-state index is 0.173. The maximum Gasteiger partial charge on any atom is 0.286 e. The molecule has 1 amide bonds. The number of nitrogens with one attached hydrogen (secondary N) is 1. The Labute approximate surface area is 192 Å². The molecule has 1 heterocycles. The Hall–Kier alpha value is -2.11. The van der Waals surface area contributed by atoms with Crippen LogP contribution in [0.1, 0.15) is 91.9 Å². The summed E-state index contributed by atoms with van der Waals surface area (Å²) in [7, 11) is 3.23. The molecular formula is C27H39NO4. The number of rotatable bonds is 9. The van der Waals surface area contributed by atoms with Crippen LogP contribution in [0.5, 0.6) is 0 Å². The van der Waals surface area contributed by atoms with Crippen molar-refractivity contribution in [2.75, 3.05) is 20.8 Å². The molecule has 5 heteroatoms. The van der Waals surface area contributed by atoms with Crippen LogP contribution in [0.3, 0.4) is 0 Å². The van der Waals surface area contributed by atoms with Gasteiger partial charge in [0, 0.05) is 33.6 Å². The van der Waals surface area contributed by atoms with Crippen molar-refractivity contribution in [2.45, 2.75) is 83.8 Å². The minimum atomic E-state index is -0.238. The summed E-state index contributed by atoms with van der Waals surface area (Å²) in [5, 5.41) is 2.91. The molecule has 5 nitrogen and oxygen atoms in total. The summed E-state index contributed by atoms with van der Waals surface area (Å²) in [5.74, 6) is 0.977. The van der Waals surface area contributed by atoms with Crippen molar-refractivity contribution in [3.05, 3.63) is 58.0 Å². The van der Waals surface area contributed by atoms with Crippen LogP contribution in [0, 0.1) is 6.92 Å². The number of furan rings is 1. The fraction of sp³-hybridized carbons (Fsp3) is 0.593. The molecule has 0 saturated heterocycles. The Kier molecular flexibility index (Phi) is 7.51. The number of benzene rings is 1. The van der Waals surface area contributed by atoms with Crippen LogP contribution in [-0.4, -0.2) is 33.0 Å². The Bertz CT molecular complexity index is 937. The van der Waals surface area contributed by atoms with Crippen LogP contribution in [0.25, 0.3) is 0 Å². The molecule has 1 aromatic carbocycles. The first-order valence-electron chi connectivity index (χ1n) is 11.6. The van der Waals surface area contributed by atoms with Crippen LogP contribution in [0.4, 0.5) is 0 Å². The highest BCUT2D eigenvalue weighted by atomic mass is 16.7. The van der Waals surface area contributed by atoms with Crippen LogP contribution in [0.15, 0.2) is 28.7 Å². The third-order valence-corrected chi connectivity index (χ3v) is 6.99. The number of ether oxygens (including phenoxy) is 2. The van der Waals surface area contributed by atoms with E-state index in [9.17, 15) is 4.79 Å². The van der Waals surface area contributed by atoms with Crippen molar-refractivity contribution in [3.8, 4) is 0 Å². The predicted octanol–water partition coefficient (Wildman–Crippen LogP) is 5.66. The Morgan fingerprint density at radius 3 is 2.31 bits per heavy atom. The van der Waals surface area contributed by atoms with Crippen molar-refractivity contribution >= 4 is 5.91 Å². The van der Waals surface area contributed by atoms with Crippen molar-refractivity contribution in [1.29, 1.82) is 0 Å². The Morgan fingerprint density at radius 2 is 1.69 bits per heavy atom. The van der Waals surface area contributed by atoms with E-state index in [-0.39, 0.29) is 23.0 Å². The monoisotopic (exact) mass is 441 g/mol. The van der Waals surface area contributed by atoms with E-state index in [1.165, 1.54) is 35.1 Å². The second kappa shape index (κ2) is 9.80. The first-order chi connectivity index (χ1) is 15.1. The summed E-state index contributed by atoms with van der Waals surface area (Å²) < 4.78 is 16.2. The molecule has 0 atom stereocenters. The van der Waals surface area contributed by atoms with Crippen molar-refractivity contribution in [1.82, 2.24) is 5.32 Å². The molecule has 0 spiro atoms. The summed E-state index contributed by atoms with van der Waals surface area (Å²) in [5.41, 5.74) is 5.84. The Balaban J connectivity index is 1.67. The van der Waals surface area contributed by atoms with Crippen LogP contribution in [0.2, 0.25) is 0 Å². The maximum atomic E-state index is 12.4. The maximum absolute atomic E-state index is 12.4. The molecule has 0 saturated carbocycles. The summed E-state index contributed by atoms with van der Waals surface area (Å²) in [6.45, 7) is 12.1. The number of aryl methyl sites for hydroxylation is 1. The van der Waals surface area contributed by atoms with E-state index in [2.05, 4.69) is 52.1 Å². The van der Waals surface area contributed by atoms with E-state index < -0.39 is 0 Å². The van der Waals surface area contributed by atoms with Crippen LogP contribution < -0.4 is 5.32 Å². The highest BCUT2D eigenvalue weighted by Gasteiger charge is 2.37. The second-order valence-corrected chi connectivity index (χ2v) is 10.3. The van der Waals surface area contributed by atoms with E-state index >= 15 is 0 Å². The summed E-state index contributed by atoms with van der Waals surface area (Å²) in [4.78, 5) is 12.4. The largest absolute Gasteiger partial charge is 0.456 e. The molecule has 3 rings (SSSR count). The van der Waals surface area contributed by atoms with Crippen molar-refractivity contribution in [2.24, 2.45) is 0 Å². The number of hydrogen-bond acceptors (Lipinski definition) is 4. The SMILES string of the molecule is COC(CCCNC(=O)c1ccc(Cc2cc3c(cc2C)C(C)(C)CCC3(C)C)o1)OC. The molecule has 1 aliphatic carbocycles. The zero-order valence-electron chi connectivity index (χ0n) is 20.8. The lowest BCUT2D eigenvalue weighted by Crippen LogP contribution is -2.34. The summed E-state index contributed by atoms with van der Waals surface area (Å²) in [6, 6.07) is 8.42. The third-order valence-electron chi connectivity index (χ3n) is 6.99. The van der Waals surface area contributed by atoms with Gasteiger partial charge in [-0.3, -0.25) is 4.79 Å². The number of fused-ring (bicyclic) bond motifs is 1. The topological polar surface area (TPSA) is 60.7 Å². The molecule has 0 fully saturated rings. The molecule has 2 aromatic rings. The quantitative estimate of drug-likeness (QED) is 0.403.